The van der Waals surface area contributed by atoms with Gasteiger partial charge in [0, 0.05) is 33.8 Å². The first-order chi connectivity index (χ1) is 18.3. The minimum absolute atomic E-state index is 0.0126. The highest BCUT2D eigenvalue weighted by Crippen LogP contribution is 2.30. The van der Waals surface area contributed by atoms with Gasteiger partial charge in [0.2, 0.25) is 0 Å². The molecule has 5 rings (SSSR count). The van der Waals surface area contributed by atoms with E-state index in [1.807, 2.05) is 43.3 Å². The first-order valence-electron chi connectivity index (χ1n) is 12.3. The Kier molecular flexibility index (Phi) is 7.35. The van der Waals surface area contributed by atoms with E-state index in [2.05, 4.69) is 16.8 Å². The minimum atomic E-state index is -0.995. The summed E-state index contributed by atoms with van der Waals surface area (Å²) in [6.45, 7) is 2.81. The number of halogens is 1. The summed E-state index contributed by atoms with van der Waals surface area (Å²) in [7, 11) is 0. The van der Waals surface area contributed by atoms with E-state index < -0.39 is 5.97 Å². The van der Waals surface area contributed by atoms with E-state index in [1.165, 1.54) is 4.57 Å². The molecule has 0 bridgehead atoms. The molecule has 7 nitrogen and oxygen atoms in total. The van der Waals surface area contributed by atoms with E-state index >= 15 is 0 Å². The molecule has 0 saturated heterocycles. The van der Waals surface area contributed by atoms with Gasteiger partial charge in [-0.1, -0.05) is 41.9 Å². The Balaban J connectivity index is 1.46. The van der Waals surface area contributed by atoms with Crippen LogP contribution in [-0.4, -0.2) is 32.7 Å². The number of aromatic nitrogens is 2. The third-order valence-corrected chi connectivity index (χ3v) is 8.05. The average molecular weight is 548 g/mol. The van der Waals surface area contributed by atoms with E-state index in [1.54, 1.807) is 34.1 Å². The number of imidazole rings is 1. The van der Waals surface area contributed by atoms with Crippen LogP contribution in [0.2, 0.25) is 5.02 Å². The molecule has 0 saturated carbocycles. The predicted octanol–water partition coefficient (Wildman–Crippen LogP) is 5.48. The lowest BCUT2D eigenvalue weighted by Crippen LogP contribution is -2.26. The highest BCUT2D eigenvalue weighted by molar-refractivity contribution is 7.17. The van der Waals surface area contributed by atoms with E-state index in [-0.39, 0.29) is 24.6 Å². The van der Waals surface area contributed by atoms with Crippen LogP contribution in [0.3, 0.4) is 0 Å². The van der Waals surface area contributed by atoms with E-state index in [0.717, 1.165) is 26.8 Å². The van der Waals surface area contributed by atoms with Crippen molar-refractivity contribution in [2.75, 3.05) is 6.54 Å². The summed E-state index contributed by atoms with van der Waals surface area (Å²) in [6.07, 6.45) is 0.384. The fraction of sp³-hybridized carbons (Fsp3) is 0.207. The fourth-order valence-electron chi connectivity index (χ4n) is 4.78. The Hall–Kier alpha value is -3.88. The second-order valence-corrected chi connectivity index (χ2v) is 10.5. The molecule has 5 aromatic rings. The number of aliphatic carboxylic acids is 1. The van der Waals surface area contributed by atoms with Crippen LogP contribution < -0.4 is 11.0 Å². The molecular weight excluding hydrogens is 522 g/mol. The van der Waals surface area contributed by atoms with Gasteiger partial charge in [-0.05, 0) is 65.7 Å². The van der Waals surface area contributed by atoms with Crippen molar-refractivity contribution in [3.63, 3.8) is 0 Å². The van der Waals surface area contributed by atoms with Crippen molar-refractivity contribution in [1.29, 1.82) is 0 Å². The quantitative estimate of drug-likeness (QED) is 0.256. The molecule has 2 heterocycles. The van der Waals surface area contributed by atoms with Gasteiger partial charge in [0.1, 0.15) is 0 Å². The standard InChI is InChI=1S/C29H26ClN3O4S/c1-18-5-4-8-25-27(18)21(17-38-25)16-33-23-10-9-20(15-24(23)32(29(33)37)14-12-26(34)35)28(36)31-13-11-19-6-2-3-7-22(19)30/h2-10,15,17H,11-14,16H2,1H3,(H,31,36)(H,34,35). The normalized spacial score (nSPS) is 11.3. The third-order valence-electron chi connectivity index (χ3n) is 6.68. The van der Waals surface area contributed by atoms with Gasteiger partial charge >= 0.3 is 11.7 Å². The zero-order valence-electron chi connectivity index (χ0n) is 20.7. The molecule has 9 heteroatoms. The smallest absolute Gasteiger partial charge is 0.329 e. The number of thiophene rings is 1. The second kappa shape index (κ2) is 10.8. The van der Waals surface area contributed by atoms with Crippen molar-refractivity contribution >= 4 is 55.9 Å². The van der Waals surface area contributed by atoms with Crippen LogP contribution in [0.4, 0.5) is 0 Å². The number of carbonyl (C=O) groups is 2. The average Bonchev–Trinajstić information content (AvgIpc) is 3.43. The van der Waals surface area contributed by atoms with Crippen LogP contribution in [0.15, 0.2) is 70.8 Å². The molecule has 2 N–H and O–H groups in total. The number of carboxylic acid groups (broad SMARTS) is 1. The van der Waals surface area contributed by atoms with Gasteiger partial charge in [-0.2, -0.15) is 0 Å². The topological polar surface area (TPSA) is 93.3 Å². The van der Waals surface area contributed by atoms with Crippen molar-refractivity contribution in [2.45, 2.75) is 32.9 Å². The molecule has 0 atom stereocenters. The molecule has 3 aromatic carbocycles. The number of nitrogens with one attached hydrogen (secondary N) is 1. The molecule has 0 spiro atoms. The lowest BCUT2D eigenvalue weighted by molar-refractivity contribution is -0.137. The fourth-order valence-corrected chi connectivity index (χ4v) is 6.04. The van der Waals surface area contributed by atoms with Crippen molar-refractivity contribution in [2.24, 2.45) is 0 Å². The largest absolute Gasteiger partial charge is 0.481 e. The number of carboxylic acids is 1. The summed E-state index contributed by atoms with van der Waals surface area (Å²) in [5.74, 6) is -1.27. The Morgan fingerprint density at radius 2 is 1.82 bits per heavy atom. The number of amides is 1. The Bertz CT molecular complexity index is 1730. The summed E-state index contributed by atoms with van der Waals surface area (Å²) < 4.78 is 4.26. The highest BCUT2D eigenvalue weighted by atomic mass is 35.5. The molecule has 0 fully saturated rings. The van der Waals surface area contributed by atoms with Crippen molar-refractivity contribution < 1.29 is 14.7 Å². The van der Waals surface area contributed by atoms with Crippen LogP contribution >= 0.6 is 22.9 Å². The lowest BCUT2D eigenvalue weighted by Gasteiger charge is -2.08. The van der Waals surface area contributed by atoms with Crippen LogP contribution in [-0.2, 0) is 24.3 Å². The molecule has 0 unspecified atom stereocenters. The minimum Gasteiger partial charge on any atom is -0.481 e. The number of fused-ring (bicyclic) bond motifs is 2. The maximum atomic E-state index is 13.5. The summed E-state index contributed by atoms with van der Waals surface area (Å²) in [5.41, 5.74) is 4.40. The lowest BCUT2D eigenvalue weighted by atomic mass is 10.1. The molecule has 0 radical (unpaired) electrons. The summed E-state index contributed by atoms with van der Waals surface area (Å²) in [5, 5.41) is 16.0. The van der Waals surface area contributed by atoms with Crippen LogP contribution in [0.5, 0.6) is 0 Å². The van der Waals surface area contributed by atoms with Gasteiger partial charge in [0.05, 0.1) is 24.0 Å². The maximum Gasteiger partial charge on any atom is 0.329 e. The first-order valence-corrected chi connectivity index (χ1v) is 13.5. The van der Waals surface area contributed by atoms with Crippen LogP contribution in [0, 0.1) is 6.92 Å². The molecule has 1 amide bonds. The number of benzene rings is 3. The Morgan fingerprint density at radius 1 is 1.00 bits per heavy atom. The van der Waals surface area contributed by atoms with E-state index in [0.29, 0.717) is 41.1 Å². The van der Waals surface area contributed by atoms with Crippen LogP contribution in [0.1, 0.15) is 33.5 Å². The third kappa shape index (κ3) is 5.10. The Morgan fingerprint density at radius 3 is 2.61 bits per heavy atom. The van der Waals surface area contributed by atoms with E-state index in [4.69, 9.17) is 11.6 Å². The number of carbonyl (C=O) groups excluding carboxylic acids is 1. The van der Waals surface area contributed by atoms with Gasteiger partial charge in [-0.3, -0.25) is 18.7 Å². The Labute approximate surface area is 227 Å². The molecule has 38 heavy (non-hydrogen) atoms. The monoisotopic (exact) mass is 547 g/mol. The number of hydrogen-bond donors (Lipinski definition) is 2. The molecule has 2 aromatic heterocycles. The zero-order valence-corrected chi connectivity index (χ0v) is 22.3. The van der Waals surface area contributed by atoms with Gasteiger partial charge in [0.25, 0.3) is 5.91 Å². The first kappa shape index (κ1) is 25.8. The number of aryl methyl sites for hydroxylation is 2. The number of nitrogens with zero attached hydrogens (tertiary/aromatic N) is 2. The van der Waals surface area contributed by atoms with Crippen molar-refractivity contribution in [1.82, 2.24) is 14.5 Å². The molecule has 0 aliphatic carbocycles. The maximum absolute atomic E-state index is 13.5. The van der Waals surface area contributed by atoms with Gasteiger partial charge in [-0.15, -0.1) is 11.3 Å². The van der Waals surface area contributed by atoms with Crippen molar-refractivity contribution in [3.8, 4) is 0 Å². The van der Waals surface area contributed by atoms with Gasteiger partial charge in [0.15, 0.2) is 0 Å². The summed E-state index contributed by atoms with van der Waals surface area (Å²) in [6, 6.07) is 18.7. The molecule has 194 valence electrons. The highest BCUT2D eigenvalue weighted by Gasteiger charge is 2.18. The second-order valence-electron chi connectivity index (χ2n) is 9.17. The zero-order chi connectivity index (χ0) is 26.8. The van der Waals surface area contributed by atoms with Crippen molar-refractivity contribution in [3.05, 3.63) is 104 Å². The molecular formula is C29H26ClN3O4S. The van der Waals surface area contributed by atoms with Crippen LogP contribution in [0.25, 0.3) is 21.1 Å². The predicted molar refractivity (Wildman–Crippen MR) is 152 cm³/mol. The van der Waals surface area contributed by atoms with Gasteiger partial charge in [-0.25, -0.2) is 4.79 Å². The molecule has 0 aliphatic rings. The SMILES string of the molecule is Cc1cccc2scc(Cn3c(=O)n(CCC(=O)O)c4cc(C(=O)NCCc5ccccc5Cl)ccc43)c12. The van der Waals surface area contributed by atoms with E-state index in [9.17, 15) is 19.5 Å². The number of rotatable bonds is 9. The number of hydrogen-bond acceptors (Lipinski definition) is 4. The molecule has 0 aliphatic heterocycles. The summed E-state index contributed by atoms with van der Waals surface area (Å²) >= 11 is 7.84. The summed E-state index contributed by atoms with van der Waals surface area (Å²) in [4.78, 5) is 37.8. The van der Waals surface area contributed by atoms with Gasteiger partial charge < -0.3 is 10.4 Å².